The molecule has 156 valence electrons. The maximum atomic E-state index is 13.5. The van der Waals surface area contributed by atoms with Crippen LogP contribution in [0.1, 0.15) is 38.2 Å². The fraction of sp³-hybridized carbons (Fsp3) is 0.333. The van der Waals surface area contributed by atoms with E-state index in [4.69, 9.17) is 9.73 Å². The van der Waals surface area contributed by atoms with Gasteiger partial charge in [-0.05, 0) is 54.8 Å². The topological polar surface area (TPSA) is 62.1 Å². The van der Waals surface area contributed by atoms with Crippen molar-refractivity contribution in [2.75, 3.05) is 7.11 Å². The van der Waals surface area contributed by atoms with Crippen molar-refractivity contribution in [1.82, 2.24) is 4.90 Å². The molecular formula is C24H26N2O3S. The molecule has 2 aromatic rings. The molecule has 0 unspecified atom stereocenters. The van der Waals surface area contributed by atoms with Gasteiger partial charge in [0.05, 0.1) is 17.7 Å². The van der Waals surface area contributed by atoms with Crippen LogP contribution >= 0.6 is 11.8 Å². The highest BCUT2D eigenvalue weighted by Gasteiger charge is 2.41. The number of thioether (sulfide) groups is 1. The summed E-state index contributed by atoms with van der Waals surface area (Å²) >= 11 is 1.37. The number of hydrogen-bond acceptors (Lipinski definition) is 5. The van der Waals surface area contributed by atoms with Gasteiger partial charge >= 0.3 is 0 Å². The first-order valence-electron chi connectivity index (χ1n) is 10.3. The maximum absolute atomic E-state index is 13.5. The fourth-order valence-electron chi connectivity index (χ4n) is 4.11. The lowest BCUT2D eigenvalue weighted by Gasteiger charge is -2.35. The second-order valence-corrected chi connectivity index (χ2v) is 8.75. The Morgan fingerprint density at radius 1 is 1.13 bits per heavy atom. The van der Waals surface area contributed by atoms with Gasteiger partial charge in [-0.25, -0.2) is 4.99 Å². The molecule has 1 aliphatic carbocycles. The van der Waals surface area contributed by atoms with Crippen molar-refractivity contribution in [3.05, 3.63) is 59.0 Å². The summed E-state index contributed by atoms with van der Waals surface area (Å²) in [6.45, 7) is 2.22. The Hall–Kier alpha value is -2.73. The van der Waals surface area contributed by atoms with Crippen LogP contribution in [0.25, 0.3) is 6.08 Å². The van der Waals surface area contributed by atoms with Gasteiger partial charge in [0, 0.05) is 11.6 Å². The van der Waals surface area contributed by atoms with Gasteiger partial charge in [-0.3, -0.25) is 9.69 Å². The molecule has 0 aromatic heterocycles. The number of ether oxygens (including phenoxy) is 1. The minimum Gasteiger partial charge on any atom is -0.504 e. The lowest BCUT2D eigenvalue weighted by Crippen LogP contribution is -2.44. The maximum Gasteiger partial charge on any atom is 0.267 e. The van der Waals surface area contributed by atoms with Crippen LogP contribution in [-0.4, -0.2) is 34.2 Å². The molecule has 1 saturated carbocycles. The van der Waals surface area contributed by atoms with E-state index < -0.39 is 0 Å². The van der Waals surface area contributed by atoms with E-state index in [-0.39, 0.29) is 17.7 Å². The first kappa shape index (κ1) is 20.5. The summed E-state index contributed by atoms with van der Waals surface area (Å²) in [6.07, 6.45) is 6.17. The first-order chi connectivity index (χ1) is 14.6. The van der Waals surface area contributed by atoms with E-state index >= 15 is 0 Å². The summed E-state index contributed by atoms with van der Waals surface area (Å²) in [4.78, 5) is 20.7. The Kier molecular flexibility index (Phi) is 6.13. The number of hydrogen-bond donors (Lipinski definition) is 1. The molecule has 2 fully saturated rings. The van der Waals surface area contributed by atoms with Gasteiger partial charge < -0.3 is 9.84 Å². The number of amidine groups is 1. The molecule has 4 rings (SSSR count). The third-order valence-electron chi connectivity index (χ3n) is 5.75. The lowest BCUT2D eigenvalue weighted by atomic mass is 9.85. The summed E-state index contributed by atoms with van der Waals surface area (Å²) in [5, 5.41) is 11.2. The molecule has 2 atom stereocenters. The molecular weight excluding hydrogens is 396 g/mol. The molecule has 0 spiro atoms. The minimum absolute atomic E-state index is 0.0342. The third-order valence-corrected chi connectivity index (χ3v) is 6.74. The molecule has 1 heterocycles. The molecule has 2 aliphatic rings. The van der Waals surface area contributed by atoms with Gasteiger partial charge in [-0.1, -0.05) is 50.1 Å². The number of aliphatic imine (C=N–C) groups is 1. The van der Waals surface area contributed by atoms with Crippen molar-refractivity contribution < 1.29 is 14.6 Å². The number of para-hydroxylation sites is 2. The smallest absolute Gasteiger partial charge is 0.267 e. The van der Waals surface area contributed by atoms with Crippen LogP contribution in [0.5, 0.6) is 11.5 Å². The van der Waals surface area contributed by atoms with Crippen molar-refractivity contribution in [1.29, 1.82) is 0 Å². The lowest BCUT2D eigenvalue weighted by molar-refractivity contribution is -0.124. The Balaban J connectivity index is 1.74. The number of aromatic hydroxyl groups is 1. The molecule has 30 heavy (non-hydrogen) atoms. The van der Waals surface area contributed by atoms with Gasteiger partial charge in [0.15, 0.2) is 16.7 Å². The molecule has 6 heteroatoms. The predicted molar refractivity (Wildman–Crippen MR) is 122 cm³/mol. The quantitative estimate of drug-likeness (QED) is 0.653. The molecule has 1 N–H and O–H groups in total. The SMILES string of the molecule is COc1cccc(/C=C2\SC(=Nc3ccccc3)N([C@H]3CCCC[C@@H]3C)C2=O)c1O. The number of benzene rings is 2. The normalized spacial score (nSPS) is 24.6. The van der Waals surface area contributed by atoms with Gasteiger partial charge in [0.2, 0.25) is 0 Å². The molecule has 1 aliphatic heterocycles. The van der Waals surface area contributed by atoms with Crippen LogP contribution in [0.15, 0.2) is 58.4 Å². The van der Waals surface area contributed by atoms with Crippen molar-refractivity contribution in [2.45, 2.75) is 38.6 Å². The highest BCUT2D eigenvalue weighted by Crippen LogP contribution is 2.41. The van der Waals surface area contributed by atoms with Crippen LogP contribution in [-0.2, 0) is 4.79 Å². The van der Waals surface area contributed by atoms with Gasteiger partial charge in [-0.2, -0.15) is 0 Å². The van der Waals surface area contributed by atoms with E-state index in [0.717, 1.165) is 24.9 Å². The fourth-order valence-corrected chi connectivity index (χ4v) is 5.15. The molecule has 0 bridgehead atoms. The number of methoxy groups -OCH3 is 1. The third kappa shape index (κ3) is 4.10. The van der Waals surface area contributed by atoms with Crippen LogP contribution in [0.2, 0.25) is 0 Å². The monoisotopic (exact) mass is 422 g/mol. The summed E-state index contributed by atoms with van der Waals surface area (Å²) in [5.74, 6) is 0.798. The van der Waals surface area contributed by atoms with E-state index in [0.29, 0.717) is 27.3 Å². The van der Waals surface area contributed by atoms with E-state index in [9.17, 15) is 9.90 Å². The number of nitrogens with zero attached hydrogens (tertiary/aromatic N) is 2. The molecule has 2 aromatic carbocycles. The van der Waals surface area contributed by atoms with Crippen LogP contribution in [0.4, 0.5) is 5.69 Å². The van der Waals surface area contributed by atoms with Gasteiger partial charge in [0.25, 0.3) is 5.91 Å². The predicted octanol–water partition coefficient (Wildman–Crippen LogP) is 5.58. The number of phenols is 1. The van der Waals surface area contributed by atoms with Crippen molar-refractivity contribution in [3.8, 4) is 11.5 Å². The zero-order valence-corrected chi connectivity index (χ0v) is 18.1. The summed E-state index contributed by atoms with van der Waals surface area (Å²) < 4.78 is 5.20. The van der Waals surface area contributed by atoms with E-state index in [1.54, 1.807) is 24.3 Å². The highest BCUT2D eigenvalue weighted by molar-refractivity contribution is 8.18. The number of rotatable bonds is 4. The van der Waals surface area contributed by atoms with E-state index in [2.05, 4.69) is 6.92 Å². The zero-order valence-electron chi connectivity index (χ0n) is 17.2. The zero-order chi connectivity index (χ0) is 21.1. The Bertz CT molecular complexity index is 987. The van der Waals surface area contributed by atoms with Crippen LogP contribution in [0.3, 0.4) is 0 Å². The van der Waals surface area contributed by atoms with Crippen LogP contribution in [0, 0.1) is 5.92 Å². The molecule has 5 nitrogen and oxygen atoms in total. The Morgan fingerprint density at radius 3 is 2.63 bits per heavy atom. The molecule has 1 amide bonds. The summed E-state index contributed by atoms with van der Waals surface area (Å²) in [6, 6.07) is 15.1. The molecule has 0 radical (unpaired) electrons. The van der Waals surface area contributed by atoms with Crippen molar-refractivity contribution in [2.24, 2.45) is 10.9 Å². The van der Waals surface area contributed by atoms with Gasteiger partial charge in [0.1, 0.15) is 0 Å². The second-order valence-electron chi connectivity index (χ2n) is 7.74. The Morgan fingerprint density at radius 2 is 1.90 bits per heavy atom. The number of phenolic OH excluding ortho intramolecular Hbond substituents is 1. The largest absolute Gasteiger partial charge is 0.504 e. The van der Waals surface area contributed by atoms with Gasteiger partial charge in [-0.15, -0.1) is 0 Å². The highest BCUT2D eigenvalue weighted by atomic mass is 32.2. The number of carbonyl (C=O) groups excluding carboxylic acids is 1. The molecule has 1 saturated heterocycles. The first-order valence-corrected chi connectivity index (χ1v) is 11.1. The summed E-state index contributed by atoms with van der Waals surface area (Å²) in [5.41, 5.74) is 1.38. The van der Waals surface area contributed by atoms with E-state index in [1.807, 2.05) is 35.2 Å². The standard InChI is InChI=1S/C24H26N2O3S/c1-16-9-6-7-13-19(16)26-23(28)21(15-17-10-8-14-20(29-2)22(17)27)30-24(26)25-18-11-4-3-5-12-18/h3-5,8,10-12,14-16,19,27H,6-7,9,13H2,1-2H3/b21-15-,25-24?/t16-,19-/m0/s1. The summed E-state index contributed by atoms with van der Waals surface area (Å²) in [7, 11) is 1.51. The average molecular weight is 423 g/mol. The second kappa shape index (κ2) is 8.96. The van der Waals surface area contributed by atoms with Crippen molar-refractivity contribution in [3.63, 3.8) is 0 Å². The average Bonchev–Trinajstić information content (AvgIpc) is 3.05. The minimum atomic E-state index is -0.0457. The number of carbonyl (C=O) groups is 1. The van der Waals surface area contributed by atoms with E-state index in [1.165, 1.54) is 25.3 Å². The Labute approximate surface area is 181 Å². The van der Waals surface area contributed by atoms with Crippen molar-refractivity contribution >= 4 is 34.6 Å². The number of amides is 1. The van der Waals surface area contributed by atoms with Crippen LogP contribution < -0.4 is 4.74 Å².